The van der Waals surface area contributed by atoms with Crippen LogP contribution in [0.4, 0.5) is 5.82 Å². The van der Waals surface area contributed by atoms with E-state index in [9.17, 15) is 5.11 Å². The van der Waals surface area contributed by atoms with E-state index < -0.39 is 0 Å². The van der Waals surface area contributed by atoms with Crippen molar-refractivity contribution in [1.29, 1.82) is 0 Å². The van der Waals surface area contributed by atoms with Crippen LogP contribution in [0, 0.1) is 0 Å². The van der Waals surface area contributed by atoms with Crippen LogP contribution in [0.1, 0.15) is 6.42 Å². The SMILES string of the molecule is Oc1cccc(-c2cncc(NCCCN3CCOCC3)n2)c1. The second-order valence-corrected chi connectivity index (χ2v) is 5.57. The van der Waals surface area contributed by atoms with Gasteiger partial charge in [0.2, 0.25) is 0 Å². The highest BCUT2D eigenvalue weighted by atomic mass is 16.5. The van der Waals surface area contributed by atoms with Crippen LogP contribution in [-0.2, 0) is 4.74 Å². The zero-order valence-corrected chi connectivity index (χ0v) is 13.1. The molecular formula is C17H22N4O2. The van der Waals surface area contributed by atoms with E-state index >= 15 is 0 Å². The normalized spacial score (nSPS) is 15.5. The van der Waals surface area contributed by atoms with Gasteiger partial charge in [-0.3, -0.25) is 9.88 Å². The molecule has 122 valence electrons. The van der Waals surface area contributed by atoms with Gasteiger partial charge in [-0.25, -0.2) is 4.98 Å². The van der Waals surface area contributed by atoms with Gasteiger partial charge in [-0.15, -0.1) is 0 Å². The van der Waals surface area contributed by atoms with Crippen LogP contribution in [0.25, 0.3) is 11.3 Å². The maximum absolute atomic E-state index is 9.56. The van der Waals surface area contributed by atoms with Gasteiger partial charge in [0.05, 0.1) is 31.3 Å². The number of phenols is 1. The summed E-state index contributed by atoms with van der Waals surface area (Å²) in [5.74, 6) is 0.987. The highest BCUT2D eigenvalue weighted by Gasteiger charge is 2.09. The number of nitrogens with zero attached hydrogens (tertiary/aromatic N) is 3. The Labute approximate surface area is 136 Å². The maximum atomic E-state index is 9.56. The van der Waals surface area contributed by atoms with Gasteiger partial charge in [0, 0.05) is 25.2 Å². The first-order valence-electron chi connectivity index (χ1n) is 7.97. The molecule has 0 saturated carbocycles. The molecule has 0 amide bonds. The smallest absolute Gasteiger partial charge is 0.145 e. The zero-order chi connectivity index (χ0) is 15.9. The molecule has 0 aliphatic carbocycles. The number of aromatic hydroxyl groups is 1. The highest BCUT2D eigenvalue weighted by molar-refractivity contribution is 5.61. The lowest BCUT2D eigenvalue weighted by molar-refractivity contribution is 0.0378. The van der Waals surface area contributed by atoms with E-state index in [1.165, 1.54) is 0 Å². The molecule has 23 heavy (non-hydrogen) atoms. The largest absolute Gasteiger partial charge is 0.508 e. The average Bonchev–Trinajstić information content (AvgIpc) is 2.60. The summed E-state index contributed by atoms with van der Waals surface area (Å²) in [6.45, 7) is 5.64. The van der Waals surface area contributed by atoms with E-state index in [0.29, 0.717) is 0 Å². The first kappa shape index (κ1) is 15.7. The predicted molar refractivity (Wildman–Crippen MR) is 89.5 cm³/mol. The van der Waals surface area contributed by atoms with Crippen molar-refractivity contribution < 1.29 is 9.84 Å². The molecule has 2 aromatic rings. The molecule has 2 N–H and O–H groups in total. The predicted octanol–water partition coefficient (Wildman–Crippen LogP) is 1.98. The third-order valence-electron chi connectivity index (χ3n) is 3.84. The van der Waals surface area contributed by atoms with Crippen molar-refractivity contribution in [2.45, 2.75) is 6.42 Å². The second kappa shape index (κ2) is 7.89. The van der Waals surface area contributed by atoms with Crippen molar-refractivity contribution in [3.8, 4) is 17.0 Å². The fourth-order valence-corrected chi connectivity index (χ4v) is 2.60. The van der Waals surface area contributed by atoms with Crippen molar-refractivity contribution in [2.24, 2.45) is 0 Å². The number of ether oxygens (including phenoxy) is 1. The Balaban J connectivity index is 1.51. The summed E-state index contributed by atoms with van der Waals surface area (Å²) in [7, 11) is 0. The molecule has 6 heteroatoms. The molecular weight excluding hydrogens is 292 g/mol. The summed E-state index contributed by atoms with van der Waals surface area (Å²) >= 11 is 0. The minimum absolute atomic E-state index is 0.230. The lowest BCUT2D eigenvalue weighted by atomic mass is 10.1. The molecule has 2 heterocycles. The Bertz CT molecular complexity index is 629. The van der Waals surface area contributed by atoms with E-state index in [-0.39, 0.29) is 5.75 Å². The summed E-state index contributed by atoms with van der Waals surface area (Å²) in [6, 6.07) is 7.04. The monoisotopic (exact) mass is 314 g/mol. The Kier molecular flexibility index (Phi) is 5.39. The summed E-state index contributed by atoms with van der Waals surface area (Å²) in [5.41, 5.74) is 1.61. The molecule has 1 aliphatic heterocycles. The molecule has 3 rings (SSSR count). The Morgan fingerprint density at radius 1 is 1.22 bits per heavy atom. The van der Waals surface area contributed by atoms with Crippen molar-refractivity contribution in [3.05, 3.63) is 36.7 Å². The van der Waals surface area contributed by atoms with Crippen LogP contribution in [0.3, 0.4) is 0 Å². The Morgan fingerprint density at radius 3 is 2.91 bits per heavy atom. The molecule has 6 nitrogen and oxygen atoms in total. The lowest BCUT2D eigenvalue weighted by Gasteiger charge is -2.26. The first-order valence-corrected chi connectivity index (χ1v) is 7.97. The van der Waals surface area contributed by atoms with Crippen LogP contribution < -0.4 is 5.32 Å². The highest BCUT2D eigenvalue weighted by Crippen LogP contribution is 2.21. The van der Waals surface area contributed by atoms with Crippen molar-refractivity contribution in [3.63, 3.8) is 0 Å². The van der Waals surface area contributed by atoms with Gasteiger partial charge in [0.1, 0.15) is 11.6 Å². The van der Waals surface area contributed by atoms with Gasteiger partial charge >= 0.3 is 0 Å². The van der Waals surface area contributed by atoms with Crippen molar-refractivity contribution in [1.82, 2.24) is 14.9 Å². The topological polar surface area (TPSA) is 70.5 Å². The standard InChI is InChI=1S/C17H22N4O2/c22-15-4-1-3-14(11-15)16-12-18-13-17(20-16)19-5-2-6-21-7-9-23-10-8-21/h1,3-4,11-13,22H,2,5-10H2,(H,19,20). The molecule has 0 atom stereocenters. The number of hydrogen-bond acceptors (Lipinski definition) is 6. The van der Waals surface area contributed by atoms with Gasteiger partial charge < -0.3 is 15.2 Å². The number of aromatic nitrogens is 2. The van der Waals surface area contributed by atoms with Gasteiger partial charge in [-0.2, -0.15) is 0 Å². The summed E-state index contributed by atoms with van der Waals surface area (Å²) in [4.78, 5) is 11.2. The minimum atomic E-state index is 0.230. The van der Waals surface area contributed by atoms with Crippen LogP contribution in [-0.4, -0.2) is 59.4 Å². The number of nitrogens with one attached hydrogen (secondary N) is 1. The molecule has 1 aromatic heterocycles. The molecule has 0 bridgehead atoms. The third kappa shape index (κ3) is 4.64. The van der Waals surface area contributed by atoms with Gasteiger partial charge in [0.25, 0.3) is 0 Å². The molecule has 1 saturated heterocycles. The molecule has 1 aliphatic rings. The molecule has 0 spiro atoms. The fourth-order valence-electron chi connectivity index (χ4n) is 2.60. The second-order valence-electron chi connectivity index (χ2n) is 5.57. The van der Waals surface area contributed by atoms with E-state index in [0.717, 1.165) is 62.9 Å². The lowest BCUT2D eigenvalue weighted by Crippen LogP contribution is -2.37. The maximum Gasteiger partial charge on any atom is 0.145 e. The summed E-state index contributed by atoms with van der Waals surface area (Å²) in [6.07, 6.45) is 4.48. The van der Waals surface area contributed by atoms with Crippen molar-refractivity contribution >= 4 is 5.82 Å². The van der Waals surface area contributed by atoms with E-state index in [1.54, 1.807) is 30.6 Å². The number of anilines is 1. The number of hydrogen-bond donors (Lipinski definition) is 2. The fraction of sp³-hybridized carbons (Fsp3) is 0.412. The van der Waals surface area contributed by atoms with Crippen molar-refractivity contribution in [2.75, 3.05) is 44.7 Å². The summed E-state index contributed by atoms with van der Waals surface area (Å²) in [5, 5.41) is 12.9. The van der Waals surface area contributed by atoms with Gasteiger partial charge in [-0.1, -0.05) is 12.1 Å². The molecule has 1 fully saturated rings. The average molecular weight is 314 g/mol. The summed E-state index contributed by atoms with van der Waals surface area (Å²) < 4.78 is 5.35. The number of phenolic OH excluding ortho intramolecular Hbond substituents is 1. The molecule has 0 unspecified atom stereocenters. The van der Waals surface area contributed by atoms with E-state index in [1.807, 2.05) is 6.07 Å². The van der Waals surface area contributed by atoms with Crippen LogP contribution >= 0.6 is 0 Å². The number of rotatable bonds is 6. The quantitative estimate of drug-likeness (QED) is 0.795. The minimum Gasteiger partial charge on any atom is -0.508 e. The van der Waals surface area contributed by atoms with E-state index in [4.69, 9.17) is 4.74 Å². The number of benzene rings is 1. The van der Waals surface area contributed by atoms with E-state index in [2.05, 4.69) is 20.2 Å². The first-order chi connectivity index (χ1) is 11.3. The zero-order valence-electron chi connectivity index (χ0n) is 13.1. The molecule has 1 aromatic carbocycles. The third-order valence-corrected chi connectivity index (χ3v) is 3.84. The van der Waals surface area contributed by atoms with Gasteiger partial charge in [-0.05, 0) is 25.1 Å². The Morgan fingerprint density at radius 2 is 2.09 bits per heavy atom. The van der Waals surface area contributed by atoms with Crippen LogP contribution in [0.15, 0.2) is 36.7 Å². The van der Waals surface area contributed by atoms with Crippen LogP contribution in [0.2, 0.25) is 0 Å². The number of morpholine rings is 1. The Hall–Kier alpha value is -2.18. The van der Waals surface area contributed by atoms with Gasteiger partial charge in [0.15, 0.2) is 0 Å². The molecule has 0 radical (unpaired) electrons. The van der Waals surface area contributed by atoms with Crippen LogP contribution in [0.5, 0.6) is 5.75 Å².